The largest absolute Gasteiger partial charge is 0.444 e. The van der Waals surface area contributed by atoms with Gasteiger partial charge in [-0.1, -0.05) is 0 Å². The summed E-state index contributed by atoms with van der Waals surface area (Å²) in [6, 6.07) is 0.866. The van der Waals surface area contributed by atoms with Gasteiger partial charge in [0.2, 0.25) is 11.8 Å². The van der Waals surface area contributed by atoms with Crippen LogP contribution in [0.3, 0.4) is 0 Å². The minimum Gasteiger partial charge on any atom is -0.444 e. The summed E-state index contributed by atoms with van der Waals surface area (Å²) in [5.74, 6) is -1.76. The van der Waals surface area contributed by atoms with E-state index in [1.54, 1.807) is 17.9 Å². The van der Waals surface area contributed by atoms with E-state index < -0.39 is 35.4 Å². The first-order chi connectivity index (χ1) is 15.5. The van der Waals surface area contributed by atoms with Crippen molar-refractivity contribution >= 4 is 29.5 Å². The Bertz CT molecular complexity index is 1030. The molecule has 0 aliphatic carbocycles. The van der Waals surface area contributed by atoms with Crippen molar-refractivity contribution in [2.24, 2.45) is 0 Å². The number of hydrogen-bond donors (Lipinski definition) is 1. The fourth-order valence-electron chi connectivity index (χ4n) is 4.59. The van der Waals surface area contributed by atoms with Crippen molar-refractivity contribution in [3.63, 3.8) is 0 Å². The minimum absolute atomic E-state index is 0.0150. The molecule has 2 fully saturated rings. The SMILES string of the molecule is Cc1cc(N2CCN(C(=O)OC(C)(C)C)CC2)c(F)c2c1C(=O)N(C1CCC(=O)NC1=O)C2. The maximum absolute atomic E-state index is 15.6. The molecule has 1 aromatic carbocycles. The van der Waals surface area contributed by atoms with Crippen LogP contribution in [-0.2, 0) is 20.9 Å². The van der Waals surface area contributed by atoms with Crippen molar-refractivity contribution in [1.29, 1.82) is 0 Å². The lowest BCUT2D eigenvalue weighted by Gasteiger charge is -2.37. The predicted octanol–water partition coefficient (Wildman–Crippen LogP) is 1.95. The number of benzene rings is 1. The molecule has 0 radical (unpaired) electrons. The van der Waals surface area contributed by atoms with Gasteiger partial charge in [-0.05, 0) is 45.7 Å². The van der Waals surface area contributed by atoms with Crippen molar-refractivity contribution in [1.82, 2.24) is 15.1 Å². The molecule has 33 heavy (non-hydrogen) atoms. The number of piperidine rings is 1. The van der Waals surface area contributed by atoms with Crippen molar-refractivity contribution in [2.45, 2.75) is 58.7 Å². The van der Waals surface area contributed by atoms with Crippen LogP contribution in [0.2, 0.25) is 0 Å². The topological polar surface area (TPSA) is 99.3 Å². The third-order valence-corrected chi connectivity index (χ3v) is 6.20. The predicted molar refractivity (Wildman–Crippen MR) is 117 cm³/mol. The second kappa shape index (κ2) is 8.31. The number of anilines is 1. The monoisotopic (exact) mass is 460 g/mol. The fraction of sp³-hybridized carbons (Fsp3) is 0.565. The summed E-state index contributed by atoms with van der Waals surface area (Å²) in [7, 11) is 0. The summed E-state index contributed by atoms with van der Waals surface area (Å²) in [4.78, 5) is 53.9. The first kappa shape index (κ1) is 23.0. The molecule has 1 atom stereocenters. The van der Waals surface area contributed by atoms with E-state index >= 15 is 4.39 Å². The van der Waals surface area contributed by atoms with Crippen LogP contribution in [0.4, 0.5) is 14.9 Å². The Labute approximate surface area is 191 Å². The number of hydrogen-bond acceptors (Lipinski definition) is 6. The van der Waals surface area contributed by atoms with Crippen LogP contribution >= 0.6 is 0 Å². The van der Waals surface area contributed by atoms with Crippen LogP contribution < -0.4 is 10.2 Å². The number of aryl methyl sites for hydroxylation is 1. The Morgan fingerprint density at radius 1 is 1.15 bits per heavy atom. The Hall–Kier alpha value is -3.17. The van der Waals surface area contributed by atoms with Crippen LogP contribution in [0.25, 0.3) is 0 Å². The highest BCUT2D eigenvalue weighted by Crippen LogP contribution is 2.36. The molecule has 3 aliphatic heterocycles. The van der Waals surface area contributed by atoms with Crippen molar-refractivity contribution in [2.75, 3.05) is 31.1 Å². The van der Waals surface area contributed by atoms with Crippen LogP contribution in [-0.4, -0.2) is 71.4 Å². The zero-order valence-corrected chi connectivity index (χ0v) is 19.4. The van der Waals surface area contributed by atoms with Crippen molar-refractivity contribution < 1.29 is 28.3 Å². The van der Waals surface area contributed by atoms with Gasteiger partial charge in [-0.3, -0.25) is 19.7 Å². The van der Waals surface area contributed by atoms with E-state index in [-0.39, 0.29) is 36.4 Å². The Morgan fingerprint density at radius 2 is 1.82 bits per heavy atom. The van der Waals surface area contributed by atoms with Gasteiger partial charge in [-0.2, -0.15) is 0 Å². The van der Waals surface area contributed by atoms with Gasteiger partial charge in [-0.25, -0.2) is 9.18 Å². The quantitative estimate of drug-likeness (QED) is 0.678. The molecule has 0 saturated carbocycles. The first-order valence-corrected chi connectivity index (χ1v) is 11.2. The molecule has 178 valence electrons. The zero-order chi connectivity index (χ0) is 24.1. The van der Waals surface area contributed by atoms with E-state index in [1.807, 2.05) is 25.7 Å². The number of amides is 4. The first-order valence-electron chi connectivity index (χ1n) is 11.2. The number of piperazine rings is 1. The number of carbonyl (C=O) groups excluding carboxylic acids is 4. The summed E-state index contributed by atoms with van der Waals surface area (Å²) in [5.41, 5.74) is 0.990. The molecule has 4 amide bonds. The molecule has 1 unspecified atom stereocenters. The van der Waals surface area contributed by atoms with Gasteiger partial charge in [0, 0.05) is 38.2 Å². The molecule has 0 bridgehead atoms. The van der Waals surface area contributed by atoms with Gasteiger partial charge in [0.1, 0.15) is 11.6 Å². The van der Waals surface area contributed by atoms with E-state index in [1.165, 1.54) is 4.90 Å². The summed E-state index contributed by atoms with van der Waals surface area (Å²) >= 11 is 0. The van der Waals surface area contributed by atoms with Crippen LogP contribution in [0.5, 0.6) is 0 Å². The summed E-state index contributed by atoms with van der Waals surface area (Å²) < 4.78 is 21.0. The van der Waals surface area contributed by atoms with Crippen molar-refractivity contribution in [3.05, 3.63) is 28.6 Å². The highest BCUT2D eigenvalue weighted by atomic mass is 19.1. The van der Waals surface area contributed by atoms with Crippen LogP contribution in [0.15, 0.2) is 6.07 Å². The van der Waals surface area contributed by atoms with Gasteiger partial charge in [0.25, 0.3) is 5.91 Å². The van der Waals surface area contributed by atoms with E-state index in [2.05, 4.69) is 5.32 Å². The van der Waals surface area contributed by atoms with Gasteiger partial charge >= 0.3 is 6.09 Å². The second-order valence-electron chi connectivity index (χ2n) is 9.73. The van der Waals surface area contributed by atoms with Gasteiger partial charge < -0.3 is 19.4 Å². The lowest BCUT2D eigenvalue weighted by molar-refractivity contribution is -0.136. The lowest BCUT2D eigenvalue weighted by atomic mass is 10.0. The number of halogens is 1. The van der Waals surface area contributed by atoms with Crippen LogP contribution in [0.1, 0.15) is 55.1 Å². The molecule has 0 aromatic heterocycles. The molecular weight excluding hydrogens is 431 g/mol. The third kappa shape index (κ3) is 4.38. The number of nitrogens with one attached hydrogen (secondary N) is 1. The molecule has 3 heterocycles. The number of imide groups is 1. The number of nitrogens with zero attached hydrogens (tertiary/aromatic N) is 3. The minimum atomic E-state index is -0.790. The molecule has 9 nitrogen and oxygen atoms in total. The Kier molecular flexibility index (Phi) is 5.79. The van der Waals surface area contributed by atoms with Crippen LogP contribution in [0, 0.1) is 12.7 Å². The molecule has 10 heteroatoms. The van der Waals surface area contributed by atoms with Gasteiger partial charge in [0.15, 0.2) is 5.82 Å². The summed E-state index contributed by atoms with van der Waals surface area (Å²) in [6.45, 7) is 8.81. The standard InChI is InChI=1S/C23H29FN4O5/c1-13-11-16(26-7-9-27(10-8-26)22(32)33-23(2,3)4)19(24)14-12-28(21(31)18(13)14)15-5-6-17(29)25-20(15)30/h11,15H,5-10,12H2,1-4H3,(H,25,29,30). The summed E-state index contributed by atoms with van der Waals surface area (Å²) in [6.07, 6.45) is -0.0198. The normalized spacial score (nSPS) is 21.3. The molecule has 0 spiro atoms. The second-order valence-corrected chi connectivity index (χ2v) is 9.73. The smallest absolute Gasteiger partial charge is 0.410 e. The lowest BCUT2D eigenvalue weighted by Crippen LogP contribution is -2.52. The van der Waals surface area contributed by atoms with Gasteiger partial charge in [-0.15, -0.1) is 0 Å². The Balaban J connectivity index is 1.51. The number of fused-ring (bicyclic) bond motifs is 1. The highest BCUT2D eigenvalue weighted by molar-refractivity contribution is 6.06. The number of rotatable bonds is 2. The average Bonchev–Trinajstić information content (AvgIpc) is 3.07. The highest BCUT2D eigenvalue weighted by Gasteiger charge is 2.42. The Morgan fingerprint density at radius 3 is 2.42 bits per heavy atom. The van der Waals surface area contributed by atoms with E-state index in [4.69, 9.17) is 4.74 Å². The molecule has 1 N–H and O–H groups in total. The molecule has 2 saturated heterocycles. The molecule has 4 rings (SSSR count). The number of carbonyl (C=O) groups is 4. The number of ether oxygens (including phenoxy) is 1. The fourth-order valence-corrected chi connectivity index (χ4v) is 4.59. The molecule has 3 aliphatic rings. The maximum atomic E-state index is 15.6. The third-order valence-electron chi connectivity index (χ3n) is 6.20. The zero-order valence-electron chi connectivity index (χ0n) is 19.4. The van der Waals surface area contributed by atoms with Crippen molar-refractivity contribution in [3.8, 4) is 0 Å². The van der Waals surface area contributed by atoms with Gasteiger partial charge in [0.05, 0.1) is 17.8 Å². The summed E-state index contributed by atoms with van der Waals surface area (Å²) in [5, 5.41) is 2.26. The van der Waals surface area contributed by atoms with E-state index in [9.17, 15) is 19.2 Å². The molecular formula is C23H29FN4O5. The van der Waals surface area contributed by atoms with E-state index in [0.29, 0.717) is 37.4 Å². The average molecular weight is 461 g/mol. The molecule has 1 aromatic rings. The maximum Gasteiger partial charge on any atom is 0.410 e. The van der Waals surface area contributed by atoms with E-state index in [0.717, 1.165) is 0 Å².